The minimum atomic E-state index is -1.19. The summed E-state index contributed by atoms with van der Waals surface area (Å²) in [6, 6.07) is 7.20. The summed E-state index contributed by atoms with van der Waals surface area (Å²) >= 11 is 11.7. The highest BCUT2D eigenvalue weighted by atomic mass is 35.5. The third-order valence-electron chi connectivity index (χ3n) is 2.44. The lowest BCUT2D eigenvalue weighted by molar-refractivity contribution is 0.0698. The summed E-state index contributed by atoms with van der Waals surface area (Å²) < 4.78 is 0. The van der Waals surface area contributed by atoms with E-state index in [4.69, 9.17) is 28.3 Å². The lowest BCUT2D eigenvalue weighted by Gasteiger charge is -2.10. The number of carboxylic acids is 1. The van der Waals surface area contributed by atoms with Gasteiger partial charge in [-0.1, -0.05) is 29.3 Å². The second-order valence-electron chi connectivity index (χ2n) is 3.78. The highest BCUT2D eigenvalue weighted by Crippen LogP contribution is 2.26. The van der Waals surface area contributed by atoms with Gasteiger partial charge in [0, 0.05) is 11.2 Å². The number of carboxylic acid groups (broad SMARTS) is 1. The highest BCUT2D eigenvalue weighted by molar-refractivity contribution is 6.35. The van der Waals surface area contributed by atoms with Crippen LogP contribution in [0, 0.1) is 0 Å². The topological polar surface area (TPSA) is 79.3 Å². The molecule has 0 aliphatic heterocycles. The molecule has 1 aromatic heterocycles. The molecule has 7 heteroatoms. The lowest BCUT2D eigenvalue weighted by Crippen LogP contribution is -2.16. The van der Waals surface area contributed by atoms with Gasteiger partial charge < -0.3 is 10.4 Å². The number of hydrogen-bond donors (Lipinski definition) is 2. The molecule has 0 aliphatic carbocycles. The van der Waals surface area contributed by atoms with Crippen LogP contribution in [0.2, 0.25) is 10.0 Å². The third-order valence-corrected chi connectivity index (χ3v) is 2.99. The van der Waals surface area contributed by atoms with E-state index in [1.165, 1.54) is 36.5 Å². The zero-order valence-corrected chi connectivity index (χ0v) is 11.4. The van der Waals surface area contributed by atoms with Gasteiger partial charge in [0.25, 0.3) is 5.91 Å². The Hall–Kier alpha value is -2.11. The van der Waals surface area contributed by atoms with E-state index in [1.807, 2.05) is 0 Å². The molecular weight excluding hydrogens is 303 g/mol. The second-order valence-corrected chi connectivity index (χ2v) is 4.62. The van der Waals surface area contributed by atoms with Crippen molar-refractivity contribution >= 4 is 40.8 Å². The predicted octanol–water partition coefficient (Wildman–Crippen LogP) is 3.34. The number of nitrogens with one attached hydrogen (secondary N) is 1. The number of benzene rings is 1. The largest absolute Gasteiger partial charge is 0.478 e. The molecular formula is C13H8Cl2N2O3. The Morgan fingerprint density at radius 2 is 1.95 bits per heavy atom. The van der Waals surface area contributed by atoms with E-state index in [-0.39, 0.29) is 22.0 Å². The first-order chi connectivity index (χ1) is 9.49. The van der Waals surface area contributed by atoms with Crippen molar-refractivity contribution in [3.05, 3.63) is 57.8 Å². The molecule has 1 heterocycles. The third kappa shape index (κ3) is 3.07. The van der Waals surface area contributed by atoms with Gasteiger partial charge in [-0.05, 0) is 24.3 Å². The van der Waals surface area contributed by atoms with Gasteiger partial charge >= 0.3 is 5.97 Å². The summed E-state index contributed by atoms with van der Waals surface area (Å²) in [6.45, 7) is 0. The molecule has 0 atom stereocenters. The van der Waals surface area contributed by atoms with Crippen molar-refractivity contribution in [1.29, 1.82) is 0 Å². The van der Waals surface area contributed by atoms with Gasteiger partial charge in [-0.25, -0.2) is 4.79 Å². The number of aromatic nitrogens is 1. The number of halogens is 2. The predicted molar refractivity (Wildman–Crippen MR) is 75.6 cm³/mol. The van der Waals surface area contributed by atoms with Crippen molar-refractivity contribution in [1.82, 2.24) is 4.98 Å². The zero-order valence-electron chi connectivity index (χ0n) is 9.93. The number of hydrogen-bond acceptors (Lipinski definition) is 3. The molecule has 0 saturated heterocycles. The summed E-state index contributed by atoms with van der Waals surface area (Å²) in [5.41, 5.74) is -0.0184. The normalized spacial score (nSPS) is 10.1. The number of aromatic carboxylic acids is 1. The fourth-order valence-electron chi connectivity index (χ4n) is 1.54. The molecule has 0 saturated carbocycles. The molecule has 0 spiro atoms. The molecule has 0 unspecified atom stereocenters. The van der Waals surface area contributed by atoms with Gasteiger partial charge in [-0.2, -0.15) is 0 Å². The Balaban J connectivity index is 2.35. The van der Waals surface area contributed by atoms with Crippen molar-refractivity contribution in [3.8, 4) is 0 Å². The van der Waals surface area contributed by atoms with Crippen molar-refractivity contribution < 1.29 is 14.7 Å². The molecule has 0 aliphatic rings. The summed E-state index contributed by atoms with van der Waals surface area (Å²) in [6.07, 6.45) is 1.38. The lowest BCUT2D eigenvalue weighted by atomic mass is 10.1. The van der Waals surface area contributed by atoms with E-state index in [0.29, 0.717) is 5.02 Å². The molecule has 5 nitrogen and oxygen atoms in total. The number of carbonyl (C=O) groups is 2. The van der Waals surface area contributed by atoms with E-state index >= 15 is 0 Å². The summed E-state index contributed by atoms with van der Waals surface area (Å²) in [4.78, 5) is 27.0. The van der Waals surface area contributed by atoms with Crippen LogP contribution < -0.4 is 5.32 Å². The molecule has 102 valence electrons. The Morgan fingerprint density at radius 1 is 1.20 bits per heavy atom. The molecule has 20 heavy (non-hydrogen) atoms. The van der Waals surface area contributed by atoms with Crippen LogP contribution in [0.25, 0.3) is 0 Å². The Labute approximate surface area is 124 Å². The molecule has 2 rings (SSSR count). The van der Waals surface area contributed by atoms with Gasteiger partial charge in [-0.3, -0.25) is 9.78 Å². The van der Waals surface area contributed by atoms with E-state index in [0.717, 1.165) is 0 Å². The van der Waals surface area contributed by atoms with Crippen LogP contribution in [-0.4, -0.2) is 22.0 Å². The molecule has 1 aromatic carbocycles. The standard InChI is InChI=1S/C13H8Cl2N2O3/c14-7-4-5-16-10(6-7)12(18)17-11-8(13(19)20)2-1-3-9(11)15/h1-6H,(H,17,18)(H,19,20). The minimum absolute atomic E-state index is 0.0217. The van der Waals surface area contributed by atoms with Crippen LogP contribution >= 0.6 is 23.2 Å². The average molecular weight is 311 g/mol. The molecule has 0 radical (unpaired) electrons. The monoisotopic (exact) mass is 310 g/mol. The number of para-hydroxylation sites is 1. The van der Waals surface area contributed by atoms with Gasteiger partial charge in [0.1, 0.15) is 5.69 Å². The van der Waals surface area contributed by atoms with E-state index < -0.39 is 11.9 Å². The van der Waals surface area contributed by atoms with Gasteiger partial charge in [0.15, 0.2) is 0 Å². The Morgan fingerprint density at radius 3 is 2.60 bits per heavy atom. The van der Waals surface area contributed by atoms with Crippen LogP contribution in [0.5, 0.6) is 0 Å². The maximum absolute atomic E-state index is 12.0. The van der Waals surface area contributed by atoms with Crippen LogP contribution in [-0.2, 0) is 0 Å². The van der Waals surface area contributed by atoms with Gasteiger partial charge in [0.2, 0.25) is 0 Å². The highest BCUT2D eigenvalue weighted by Gasteiger charge is 2.17. The summed E-state index contributed by atoms with van der Waals surface area (Å²) in [7, 11) is 0. The van der Waals surface area contributed by atoms with Crippen LogP contribution in [0.3, 0.4) is 0 Å². The summed E-state index contributed by atoms with van der Waals surface area (Å²) in [5.74, 6) is -1.79. The maximum Gasteiger partial charge on any atom is 0.337 e. The second kappa shape index (κ2) is 5.90. The van der Waals surface area contributed by atoms with Crippen LogP contribution in [0.4, 0.5) is 5.69 Å². The van der Waals surface area contributed by atoms with Crippen molar-refractivity contribution in [2.45, 2.75) is 0 Å². The number of rotatable bonds is 3. The SMILES string of the molecule is O=C(Nc1c(Cl)cccc1C(=O)O)c1cc(Cl)ccn1. The Kier molecular flexibility index (Phi) is 4.22. The average Bonchev–Trinajstić information content (AvgIpc) is 2.40. The first kappa shape index (κ1) is 14.3. The first-order valence-corrected chi connectivity index (χ1v) is 6.19. The quantitative estimate of drug-likeness (QED) is 0.911. The molecule has 2 aromatic rings. The number of pyridine rings is 1. The number of carbonyl (C=O) groups excluding carboxylic acids is 1. The van der Waals surface area contributed by atoms with Crippen LogP contribution in [0.1, 0.15) is 20.8 Å². The fourth-order valence-corrected chi connectivity index (χ4v) is 1.92. The zero-order chi connectivity index (χ0) is 14.7. The van der Waals surface area contributed by atoms with Crippen molar-refractivity contribution in [2.24, 2.45) is 0 Å². The molecule has 1 amide bonds. The molecule has 0 bridgehead atoms. The van der Waals surface area contributed by atoms with E-state index in [9.17, 15) is 9.59 Å². The number of anilines is 1. The fraction of sp³-hybridized carbons (Fsp3) is 0. The van der Waals surface area contributed by atoms with E-state index in [1.54, 1.807) is 0 Å². The molecule has 2 N–H and O–H groups in total. The van der Waals surface area contributed by atoms with Gasteiger partial charge in [0.05, 0.1) is 16.3 Å². The number of amides is 1. The smallest absolute Gasteiger partial charge is 0.337 e. The maximum atomic E-state index is 12.0. The van der Waals surface area contributed by atoms with Crippen molar-refractivity contribution in [2.75, 3.05) is 5.32 Å². The number of nitrogens with zero attached hydrogens (tertiary/aromatic N) is 1. The van der Waals surface area contributed by atoms with E-state index in [2.05, 4.69) is 10.3 Å². The Bertz CT molecular complexity index is 689. The first-order valence-electron chi connectivity index (χ1n) is 5.44. The van der Waals surface area contributed by atoms with Crippen molar-refractivity contribution in [3.63, 3.8) is 0 Å². The van der Waals surface area contributed by atoms with Crippen LogP contribution in [0.15, 0.2) is 36.5 Å². The van der Waals surface area contributed by atoms with Gasteiger partial charge in [-0.15, -0.1) is 0 Å². The minimum Gasteiger partial charge on any atom is -0.478 e. The molecule has 0 fully saturated rings. The summed E-state index contributed by atoms with van der Waals surface area (Å²) in [5, 5.41) is 12.0.